The molecule has 0 fully saturated rings. The maximum absolute atomic E-state index is 12.3. The van der Waals surface area contributed by atoms with Crippen LogP contribution in [0.15, 0.2) is 23.9 Å². The number of benzene rings is 1. The topological polar surface area (TPSA) is 117 Å². The summed E-state index contributed by atoms with van der Waals surface area (Å²) in [7, 11) is 2.67. The number of carbonyl (C=O) groups excluding carboxylic acids is 2. The van der Waals surface area contributed by atoms with E-state index < -0.39 is 22.5 Å². The zero-order valence-corrected chi connectivity index (χ0v) is 13.7. The number of hydrogen-bond donors (Lipinski definition) is 1. The predicted molar refractivity (Wildman–Crippen MR) is 84.1 cm³/mol. The van der Waals surface area contributed by atoms with Gasteiger partial charge in [-0.15, -0.1) is 0 Å². The lowest BCUT2D eigenvalue weighted by molar-refractivity contribution is -0.385. The highest BCUT2D eigenvalue weighted by molar-refractivity contribution is 6.00. The van der Waals surface area contributed by atoms with Crippen LogP contribution in [-0.2, 0) is 9.53 Å². The number of esters is 1. The molecule has 0 saturated heterocycles. The molecule has 9 nitrogen and oxygen atoms in total. The molecule has 0 spiro atoms. The minimum absolute atomic E-state index is 0.125. The highest BCUT2D eigenvalue weighted by Gasteiger charge is 2.24. The summed E-state index contributed by atoms with van der Waals surface area (Å²) in [6, 6.07) is 2.29. The lowest BCUT2D eigenvalue weighted by Gasteiger charge is -2.11. The SMILES string of the molecule is CCOC(=O)/C=C(\C)NC(=O)c1cc(OC)c(OC)cc1[N+](=O)[O-]. The smallest absolute Gasteiger partial charge is 0.332 e. The fraction of sp³-hybridized carbons (Fsp3) is 0.333. The summed E-state index contributed by atoms with van der Waals surface area (Å²) in [5, 5.41) is 13.6. The largest absolute Gasteiger partial charge is 0.493 e. The van der Waals surface area contributed by atoms with Crippen LogP contribution in [0.3, 0.4) is 0 Å². The van der Waals surface area contributed by atoms with Gasteiger partial charge in [-0.1, -0.05) is 0 Å². The van der Waals surface area contributed by atoms with Gasteiger partial charge in [-0.25, -0.2) is 4.79 Å². The number of hydrogen-bond acceptors (Lipinski definition) is 7. The maximum atomic E-state index is 12.3. The van der Waals surface area contributed by atoms with Crippen LogP contribution >= 0.6 is 0 Å². The van der Waals surface area contributed by atoms with Gasteiger partial charge in [0, 0.05) is 17.8 Å². The molecule has 0 heterocycles. The molecule has 1 aromatic carbocycles. The van der Waals surface area contributed by atoms with Crippen molar-refractivity contribution in [2.24, 2.45) is 0 Å². The molecule has 0 saturated carbocycles. The minimum atomic E-state index is -0.763. The standard InChI is InChI=1S/C15H18N2O7/c1-5-24-14(18)6-9(2)16-15(19)10-7-12(22-3)13(23-4)8-11(10)17(20)21/h6-8H,5H2,1-4H3,(H,16,19)/b9-6+. The van der Waals surface area contributed by atoms with Crippen LogP contribution < -0.4 is 14.8 Å². The Bertz CT molecular complexity index is 683. The van der Waals surface area contributed by atoms with Gasteiger partial charge in [0.1, 0.15) is 5.56 Å². The molecule has 9 heteroatoms. The van der Waals surface area contributed by atoms with E-state index in [1.165, 1.54) is 27.2 Å². The molecule has 0 atom stereocenters. The van der Waals surface area contributed by atoms with Crippen LogP contribution in [0, 0.1) is 10.1 Å². The second-order valence-corrected chi connectivity index (χ2v) is 4.51. The van der Waals surface area contributed by atoms with Gasteiger partial charge < -0.3 is 19.5 Å². The van der Waals surface area contributed by atoms with Gasteiger partial charge >= 0.3 is 5.97 Å². The van der Waals surface area contributed by atoms with E-state index in [2.05, 4.69) is 5.32 Å². The van der Waals surface area contributed by atoms with Gasteiger partial charge in [0.2, 0.25) is 0 Å². The first-order valence-corrected chi connectivity index (χ1v) is 6.90. The Morgan fingerprint density at radius 1 is 1.25 bits per heavy atom. The first-order valence-electron chi connectivity index (χ1n) is 6.90. The third-order valence-electron chi connectivity index (χ3n) is 2.87. The van der Waals surface area contributed by atoms with E-state index in [1.807, 2.05) is 0 Å². The summed E-state index contributed by atoms with van der Waals surface area (Å²) in [4.78, 5) is 34.1. The number of nitrogens with one attached hydrogen (secondary N) is 1. The van der Waals surface area contributed by atoms with Crippen LogP contribution in [0.2, 0.25) is 0 Å². The quantitative estimate of drug-likeness (QED) is 0.349. The molecule has 0 aliphatic rings. The first-order chi connectivity index (χ1) is 11.3. The summed E-state index contributed by atoms with van der Waals surface area (Å²) < 4.78 is 14.8. The van der Waals surface area contributed by atoms with Crippen LogP contribution in [0.4, 0.5) is 5.69 Å². The van der Waals surface area contributed by atoms with Gasteiger partial charge in [-0.3, -0.25) is 14.9 Å². The van der Waals surface area contributed by atoms with Crippen molar-refractivity contribution < 1.29 is 28.7 Å². The van der Waals surface area contributed by atoms with Gasteiger partial charge in [-0.2, -0.15) is 0 Å². The Morgan fingerprint density at radius 3 is 2.33 bits per heavy atom. The van der Waals surface area contributed by atoms with E-state index in [0.29, 0.717) is 0 Å². The molecule has 130 valence electrons. The lowest BCUT2D eigenvalue weighted by atomic mass is 10.1. The molecule has 1 N–H and O–H groups in total. The van der Waals surface area contributed by atoms with Crippen molar-refractivity contribution in [3.63, 3.8) is 0 Å². The number of allylic oxidation sites excluding steroid dienone is 1. The summed E-state index contributed by atoms with van der Waals surface area (Å²) >= 11 is 0. The average molecular weight is 338 g/mol. The van der Waals surface area contributed by atoms with E-state index >= 15 is 0 Å². The Morgan fingerprint density at radius 2 is 1.83 bits per heavy atom. The van der Waals surface area contributed by atoms with Crippen LogP contribution in [-0.4, -0.2) is 37.6 Å². The number of nitro groups is 1. The lowest BCUT2D eigenvalue weighted by Crippen LogP contribution is -2.23. The fourth-order valence-electron chi connectivity index (χ4n) is 1.84. The fourth-order valence-corrected chi connectivity index (χ4v) is 1.84. The zero-order valence-electron chi connectivity index (χ0n) is 13.7. The highest BCUT2D eigenvalue weighted by Crippen LogP contribution is 2.34. The van der Waals surface area contributed by atoms with E-state index in [1.54, 1.807) is 6.92 Å². The van der Waals surface area contributed by atoms with E-state index in [9.17, 15) is 19.7 Å². The normalized spacial score (nSPS) is 10.8. The molecule has 0 radical (unpaired) electrons. The number of amides is 1. The molecule has 1 rings (SSSR count). The van der Waals surface area contributed by atoms with Crippen molar-refractivity contribution in [1.82, 2.24) is 5.32 Å². The number of rotatable bonds is 7. The number of carbonyl (C=O) groups is 2. The molecule has 24 heavy (non-hydrogen) atoms. The Labute approximate surface area is 138 Å². The number of nitrogens with zero attached hydrogens (tertiary/aromatic N) is 1. The molecular weight excluding hydrogens is 320 g/mol. The van der Waals surface area contributed by atoms with Gasteiger partial charge in [0.05, 0.1) is 31.8 Å². The monoisotopic (exact) mass is 338 g/mol. The molecule has 1 amide bonds. The molecule has 0 unspecified atom stereocenters. The van der Waals surface area contributed by atoms with Crippen molar-refractivity contribution in [1.29, 1.82) is 0 Å². The average Bonchev–Trinajstić information content (AvgIpc) is 2.53. The van der Waals surface area contributed by atoms with Crippen LogP contribution in [0.5, 0.6) is 11.5 Å². The minimum Gasteiger partial charge on any atom is -0.493 e. The van der Waals surface area contributed by atoms with Crippen molar-refractivity contribution in [2.45, 2.75) is 13.8 Å². The summed E-state index contributed by atoms with van der Waals surface area (Å²) in [5.41, 5.74) is -0.495. The third-order valence-corrected chi connectivity index (χ3v) is 2.87. The van der Waals surface area contributed by atoms with Crippen LogP contribution in [0.25, 0.3) is 0 Å². The van der Waals surface area contributed by atoms with Crippen molar-refractivity contribution in [2.75, 3.05) is 20.8 Å². The predicted octanol–water partition coefficient (Wildman–Crippen LogP) is 1.81. The molecule has 0 bridgehead atoms. The number of nitro benzene ring substituents is 1. The molecular formula is C15H18N2O7. The van der Waals surface area contributed by atoms with E-state index in [-0.39, 0.29) is 29.4 Å². The van der Waals surface area contributed by atoms with Crippen LogP contribution in [0.1, 0.15) is 24.2 Å². The Kier molecular flexibility index (Phi) is 6.72. The Hall–Kier alpha value is -3.10. The van der Waals surface area contributed by atoms with Crippen molar-refractivity contribution >= 4 is 17.6 Å². The van der Waals surface area contributed by atoms with Gasteiger partial charge in [0.25, 0.3) is 11.6 Å². The molecule has 0 aromatic heterocycles. The van der Waals surface area contributed by atoms with Crippen molar-refractivity contribution in [3.05, 3.63) is 39.6 Å². The summed E-state index contributed by atoms with van der Waals surface area (Å²) in [5.74, 6) is -1.10. The van der Waals surface area contributed by atoms with Crippen molar-refractivity contribution in [3.8, 4) is 11.5 Å². The number of methoxy groups -OCH3 is 2. The Balaban J connectivity index is 3.17. The highest BCUT2D eigenvalue weighted by atomic mass is 16.6. The van der Waals surface area contributed by atoms with Gasteiger partial charge in [0.15, 0.2) is 11.5 Å². The van der Waals surface area contributed by atoms with E-state index in [4.69, 9.17) is 14.2 Å². The zero-order chi connectivity index (χ0) is 18.3. The van der Waals surface area contributed by atoms with E-state index in [0.717, 1.165) is 12.1 Å². The third kappa shape index (κ3) is 4.70. The second-order valence-electron chi connectivity index (χ2n) is 4.51. The molecule has 0 aliphatic heterocycles. The number of ether oxygens (including phenoxy) is 3. The van der Waals surface area contributed by atoms with Gasteiger partial charge in [-0.05, 0) is 13.8 Å². The first kappa shape index (κ1) is 18.9. The maximum Gasteiger partial charge on any atom is 0.332 e. The summed E-state index contributed by atoms with van der Waals surface area (Å²) in [6.07, 6.45) is 1.08. The molecule has 1 aromatic rings. The molecule has 0 aliphatic carbocycles. The summed E-state index contributed by atoms with van der Waals surface area (Å²) in [6.45, 7) is 3.30. The second kappa shape index (κ2) is 8.51.